The van der Waals surface area contributed by atoms with Gasteiger partial charge in [0.05, 0.1) is 40.1 Å². The predicted octanol–water partition coefficient (Wildman–Crippen LogP) is 6.33. The number of carbonyl (C=O) groups excluding carboxylic acids is 3. The van der Waals surface area contributed by atoms with Gasteiger partial charge < -0.3 is 61.6 Å². The van der Waals surface area contributed by atoms with E-state index in [0.29, 0.717) is 0 Å². The Labute approximate surface area is 420 Å². The quantitative estimate of drug-likeness (QED) is 0.0274. The summed E-state index contributed by atoms with van der Waals surface area (Å²) in [4.78, 5) is 45.5. The van der Waals surface area contributed by atoms with Crippen molar-refractivity contribution in [2.45, 2.75) is 132 Å². The lowest BCUT2D eigenvalue weighted by Crippen LogP contribution is -2.67. The molecule has 4 aliphatic heterocycles. The van der Waals surface area contributed by atoms with Crippen LogP contribution in [-0.2, 0) is 102 Å². The van der Waals surface area contributed by atoms with Gasteiger partial charge in [0.15, 0.2) is 25.0 Å². The summed E-state index contributed by atoms with van der Waals surface area (Å²) in [5, 5.41) is 8.05. The molecule has 4 aromatic rings. The number of azide groups is 2. The van der Waals surface area contributed by atoms with Crippen LogP contribution in [-0.4, -0.2) is 130 Å². The third-order valence-electron chi connectivity index (χ3n) is 12.4. The van der Waals surface area contributed by atoms with Crippen molar-refractivity contribution in [3.05, 3.63) is 164 Å². The van der Waals surface area contributed by atoms with E-state index >= 15 is 0 Å². The maximum Gasteiger partial charge on any atom is 0.337 e. The highest BCUT2D eigenvalue weighted by Gasteiger charge is 2.59. The first-order valence-electron chi connectivity index (χ1n) is 23.6. The first-order chi connectivity index (χ1) is 35.6. The molecule has 0 saturated carbocycles. The second-order valence-corrected chi connectivity index (χ2v) is 17.4. The van der Waals surface area contributed by atoms with Crippen molar-refractivity contribution in [1.29, 1.82) is 0 Å². The molecule has 0 radical (unpaired) electrons. The van der Waals surface area contributed by atoms with Gasteiger partial charge >= 0.3 is 17.9 Å². The predicted molar refractivity (Wildman–Crippen MR) is 252 cm³/mol. The van der Waals surface area contributed by atoms with E-state index in [2.05, 4.69) is 20.1 Å². The standard InChI is InChI=1S/C51H56N6O16/c1-30(58)62-28-36-40(63-24-32-16-8-4-9-17-32)42(64-25-33-18-10-5-11-19-33)38(54-56-52)50(70-36)72-45-44(65-26-34-20-12-6-13-21-34)47(66-27-35-22-14-7-15-23-35)51(73-46(45)48(60)61-3)71-41-37-29-67-49(69-37)39(55-57-53)43(41)68-31(2)59/h4-23,36-47,49-51H,24-29H2,1-3H3/t36?,37?,38?,39-,40?,41?,42?,43?,44?,45?,46?,47?,49?,50?,51?/m1/s1. The molecule has 0 aromatic heterocycles. The Morgan fingerprint density at radius 3 is 1.56 bits per heavy atom. The Balaban J connectivity index is 1.21. The minimum atomic E-state index is -1.72. The van der Waals surface area contributed by atoms with Gasteiger partial charge in [0.2, 0.25) is 0 Å². The molecule has 73 heavy (non-hydrogen) atoms. The third-order valence-corrected chi connectivity index (χ3v) is 12.4. The third kappa shape index (κ3) is 13.6. The van der Waals surface area contributed by atoms with E-state index in [4.69, 9.17) is 61.6 Å². The van der Waals surface area contributed by atoms with E-state index < -0.39 is 110 Å². The molecule has 0 N–H and O–H groups in total. The molecule has 4 heterocycles. The average molecular weight is 1010 g/mol. The van der Waals surface area contributed by atoms with Gasteiger partial charge in [0.25, 0.3) is 0 Å². The summed E-state index contributed by atoms with van der Waals surface area (Å²) in [5.74, 6) is -2.27. The van der Waals surface area contributed by atoms with Crippen molar-refractivity contribution in [3.8, 4) is 0 Å². The highest BCUT2D eigenvalue weighted by molar-refractivity contribution is 5.75. The minimum Gasteiger partial charge on any atom is -0.467 e. The summed E-state index contributed by atoms with van der Waals surface area (Å²) in [6.45, 7) is 1.98. The van der Waals surface area contributed by atoms with Crippen molar-refractivity contribution in [1.82, 2.24) is 0 Å². The number of fused-ring (bicyclic) bond motifs is 2. The number of carbonyl (C=O) groups is 3. The Morgan fingerprint density at radius 1 is 0.562 bits per heavy atom. The Kier molecular flexibility index (Phi) is 18.8. The van der Waals surface area contributed by atoms with Crippen LogP contribution in [0.4, 0.5) is 0 Å². The lowest BCUT2D eigenvalue weighted by Gasteiger charge is -2.50. The van der Waals surface area contributed by atoms with E-state index in [0.717, 1.165) is 29.4 Å². The zero-order valence-electron chi connectivity index (χ0n) is 40.2. The summed E-state index contributed by atoms with van der Waals surface area (Å²) >= 11 is 0. The molecule has 0 aliphatic carbocycles. The fourth-order valence-corrected chi connectivity index (χ4v) is 9.06. The van der Waals surface area contributed by atoms with Crippen LogP contribution >= 0.6 is 0 Å². The summed E-state index contributed by atoms with van der Waals surface area (Å²) in [6, 6.07) is 34.4. The topological polar surface area (TPSA) is 269 Å². The molecule has 15 atom stereocenters. The van der Waals surface area contributed by atoms with Crippen LogP contribution in [0.25, 0.3) is 20.9 Å². The van der Waals surface area contributed by atoms with Gasteiger partial charge in [0, 0.05) is 23.7 Å². The zero-order chi connectivity index (χ0) is 51.1. The van der Waals surface area contributed by atoms with Gasteiger partial charge in [-0.15, -0.1) is 0 Å². The number of ether oxygens (including phenoxy) is 13. The number of esters is 3. The molecule has 386 valence electrons. The Morgan fingerprint density at radius 2 is 1.05 bits per heavy atom. The number of rotatable bonds is 22. The molecule has 0 amide bonds. The molecular formula is C51H56N6O16. The first kappa shape index (κ1) is 52.8. The lowest BCUT2D eigenvalue weighted by atomic mass is 9.94. The Hall–Kier alpha value is -6.49. The van der Waals surface area contributed by atoms with Crippen molar-refractivity contribution in [2.24, 2.45) is 10.2 Å². The van der Waals surface area contributed by atoms with Crippen molar-refractivity contribution in [2.75, 3.05) is 20.3 Å². The molecule has 8 rings (SSSR count). The van der Waals surface area contributed by atoms with Crippen LogP contribution in [0.5, 0.6) is 0 Å². The van der Waals surface area contributed by atoms with Crippen LogP contribution in [0.15, 0.2) is 132 Å². The number of methoxy groups -OCH3 is 1. The minimum absolute atomic E-state index is 0.0161. The molecule has 22 nitrogen and oxygen atoms in total. The number of hydrogen-bond acceptors (Lipinski definition) is 18. The van der Waals surface area contributed by atoms with Gasteiger partial charge in [-0.2, -0.15) is 0 Å². The second kappa shape index (κ2) is 25.9. The molecule has 14 unspecified atom stereocenters. The SMILES string of the molecule is COC(=O)C1OC(OC2C3COC(O3)[C@H](N=[N+]=[N-])C2OC(C)=O)C(OCc2ccccc2)C(OCc2ccccc2)C1OC1OC(COC(C)=O)C(OCc2ccccc2)C(OCc2ccccc2)C1N=[N+]=[N-]. The molecule has 22 heteroatoms. The number of benzene rings is 4. The van der Waals surface area contributed by atoms with Gasteiger partial charge in [-0.1, -0.05) is 132 Å². The number of nitrogens with zero attached hydrogens (tertiary/aromatic N) is 6. The highest BCUT2D eigenvalue weighted by atomic mass is 16.8. The maximum absolute atomic E-state index is 14.3. The summed E-state index contributed by atoms with van der Waals surface area (Å²) < 4.78 is 82.3. The van der Waals surface area contributed by atoms with Gasteiger partial charge in [-0.3, -0.25) is 9.59 Å². The summed E-state index contributed by atoms with van der Waals surface area (Å²) in [7, 11) is 1.15. The van der Waals surface area contributed by atoms with Crippen molar-refractivity contribution < 1.29 is 76.0 Å². The molecule has 4 fully saturated rings. The summed E-state index contributed by atoms with van der Waals surface area (Å²) in [5.41, 5.74) is 22.9. The molecule has 2 bridgehead atoms. The highest BCUT2D eigenvalue weighted by Crippen LogP contribution is 2.40. The largest absolute Gasteiger partial charge is 0.467 e. The molecule has 4 aromatic carbocycles. The average Bonchev–Trinajstić information content (AvgIpc) is 3.85. The smallest absolute Gasteiger partial charge is 0.337 e. The van der Waals surface area contributed by atoms with E-state index in [9.17, 15) is 25.4 Å². The van der Waals surface area contributed by atoms with E-state index in [1.807, 2.05) is 121 Å². The monoisotopic (exact) mass is 1010 g/mol. The molecule has 4 saturated heterocycles. The maximum atomic E-state index is 14.3. The summed E-state index contributed by atoms with van der Waals surface area (Å²) in [6.07, 6.45) is -16.8. The molecule has 4 aliphatic rings. The van der Waals surface area contributed by atoms with Crippen LogP contribution in [0, 0.1) is 0 Å². The van der Waals surface area contributed by atoms with Gasteiger partial charge in [0.1, 0.15) is 73.6 Å². The van der Waals surface area contributed by atoms with Crippen LogP contribution in [0.2, 0.25) is 0 Å². The first-order valence-corrected chi connectivity index (χ1v) is 23.6. The van der Waals surface area contributed by atoms with E-state index in [1.54, 1.807) is 0 Å². The fraction of sp³-hybridized carbons (Fsp3) is 0.471. The van der Waals surface area contributed by atoms with Crippen LogP contribution in [0.3, 0.4) is 0 Å². The number of hydrogen-bond donors (Lipinski definition) is 0. The molecular weight excluding hydrogens is 953 g/mol. The van der Waals surface area contributed by atoms with Gasteiger partial charge in [-0.05, 0) is 33.3 Å². The van der Waals surface area contributed by atoms with Crippen LogP contribution < -0.4 is 0 Å². The van der Waals surface area contributed by atoms with E-state index in [1.165, 1.54) is 13.8 Å². The van der Waals surface area contributed by atoms with Crippen molar-refractivity contribution >= 4 is 17.9 Å². The van der Waals surface area contributed by atoms with Crippen LogP contribution in [0.1, 0.15) is 36.1 Å². The lowest BCUT2D eigenvalue weighted by molar-refractivity contribution is -0.366. The van der Waals surface area contributed by atoms with E-state index in [-0.39, 0.29) is 39.6 Å². The van der Waals surface area contributed by atoms with Crippen molar-refractivity contribution in [3.63, 3.8) is 0 Å². The second-order valence-electron chi connectivity index (χ2n) is 17.4. The molecule has 0 spiro atoms. The Bertz CT molecular complexity index is 2510. The fourth-order valence-electron chi connectivity index (χ4n) is 9.06. The zero-order valence-corrected chi connectivity index (χ0v) is 40.2. The normalized spacial score (nSPS) is 30.5. The van der Waals surface area contributed by atoms with Gasteiger partial charge in [-0.25, -0.2) is 4.79 Å².